The van der Waals surface area contributed by atoms with Crippen LogP contribution in [0, 0.1) is 6.92 Å². The summed E-state index contributed by atoms with van der Waals surface area (Å²) in [5.41, 5.74) is 3.64. The summed E-state index contributed by atoms with van der Waals surface area (Å²) in [5.74, 6) is 0.579. The van der Waals surface area contributed by atoms with Crippen molar-refractivity contribution in [3.05, 3.63) is 35.5 Å². The van der Waals surface area contributed by atoms with E-state index in [9.17, 15) is 0 Å². The third-order valence-corrected chi connectivity index (χ3v) is 4.07. The van der Waals surface area contributed by atoms with E-state index in [0.29, 0.717) is 5.92 Å². The number of benzene rings is 1. The maximum Gasteiger partial charge on any atom is 0.125 e. The largest absolute Gasteiger partial charge is 0.378 e. The number of nitrogens with zero attached hydrogens (tertiary/aromatic N) is 1. The van der Waals surface area contributed by atoms with E-state index in [1.54, 1.807) is 11.3 Å². The molecule has 0 aliphatic heterocycles. The molecule has 3 heteroatoms. The number of nitrogens with one attached hydrogen (secondary N) is 1. The smallest absolute Gasteiger partial charge is 0.125 e. The Hall–Kier alpha value is -1.35. The van der Waals surface area contributed by atoms with E-state index in [4.69, 9.17) is 0 Å². The molecule has 17 heavy (non-hydrogen) atoms. The van der Waals surface area contributed by atoms with Gasteiger partial charge in [0.1, 0.15) is 10.0 Å². The monoisotopic (exact) mass is 246 g/mol. The van der Waals surface area contributed by atoms with Gasteiger partial charge in [-0.3, -0.25) is 0 Å². The van der Waals surface area contributed by atoms with E-state index in [2.05, 4.69) is 48.4 Å². The minimum absolute atomic E-state index is 0.579. The van der Waals surface area contributed by atoms with Gasteiger partial charge in [0, 0.05) is 12.6 Å². The van der Waals surface area contributed by atoms with Crippen LogP contribution in [0.15, 0.2) is 24.3 Å². The average Bonchev–Trinajstić information content (AvgIpc) is 2.70. The van der Waals surface area contributed by atoms with E-state index in [1.807, 2.05) is 14.0 Å². The molecular formula is C14H18N2S. The Morgan fingerprint density at radius 2 is 1.82 bits per heavy atom. The molecule has 0 aliphatic carbocycles. The molecule has 1 N–H and O–H groups in total. The van der Waals surface area contributed by atoms with Gasteiger partial charge in [-0.15, -0.1) is 0 Å². The Balaban J connectivity index is 2.33. The van der Waals surface area contributed by atoms with Crippen molar-refractivity contribution < 1.29 is 0 Å². The Morgan fingerprint density at radius 1 is 1.18 bits per heavy atom. The molecule has 2 nitrogen and oxygen atoms in total. The molecule has 1 heterocycles. The van der Waals surface area contributed by atoms with Gasteiger partial charge in [-0.2, -0.15) is 0 Å². The van der Waals surface area contributed by atoms with Crippen molar-refractivity contribution in [1.82, 2.24) is 4.98 Å². The number of aromatic nitrogens is 1. The van der Waals surface area contributed by atoms with Gasteiger partial charge >= 0.3 is 0 Å². The summed E-state index contributed by atoms with van der Waals surface area (Å²) in [6.07, 6.45) is 0. The zero-order valence-corrected chi connectivity index (χ0v) is 11.6. The van der Waals surface area contributed by atoms with Crippen molar-refractivity contribution in [2.75, 3.05) is 12.4 Å². The summed E-state index contributed by atoms with van der Waals surface area (Å²) >= 11 is 1.70. The van der Waals surface area contributed by atoms with Crippen molar-refractivity contribution >= 4 is 16.3 Å². The van der Waals surface area contributed by atoms with Gasteiger partial charge in [-0.25, -0.2) is 4.98 Å². The van der Waals surface area contributed by atoms with Crippen LogP contribution in [0.4, 0.5) is 5.00 Å². The number of hydrogen-bond donors (Lipinski definition) is 1. The first-order valence-electron chi connectivity index (χ1n) is 5.87. The molecule has 0 amide bonds. The molecule has 0 unspecified atom stereocenters. The van der Waals surface area contributed by atoms with E-state index in [-0.39, 0.29) is 0 Å². The predicted molar refractivity (Wildman–Crippen MR) is 75.9 cm³/mol. The van der Waals surface area contributed by atoms with Crippen molar-refractivity contribution in [3.8, 4) is 10.6 Å². The molecule has 0 spiro atoms. The fraction of sp³-hybridized carbons (Fsp3) is 0.357. The molecule has 0 saturated heterocycles. The predicted octanol–water partition coefficient (Wildman–Crippen LogP) is 4.28. The molecule has 2 aromatic rings. The fourth-order valence-electron chi connectivity index (χ4n) is 1.76. The van der Waals surface area contributed by atoms with Crippen LogP contribution in [0.3, 0.4) is 0 Å². The van der Waals surface area contributed by atoms with Gasteiger partial charge in [-0.1, -0.05) is 49.4 Å². The highest BCUT2D eigenvalue weighted by atomic mass is 32.1. The first kappa shape index (κ1) is 12.1. The molecule has 0 fully saturated rings. The van der Waals surface area contributed by atoms with Gasteiger partial charge in [0.2, 0.25) is 0 Å². The van der Waals surface area contributed by atoms with Crippen LogP contribution in [0.1, 0.15) is 31.0 Å². The quantitative estimate of drug-likeness (QED) is 0.874. The molecule has 90 valence electrons. The van der Waals surface area contributed by atoms with E-state index < -0.39 is 0 Å². The lowest BCUT2D eigenvalue weighted by atomic mass is 10.0. The second-order valence-electron chi connectivity index (χ2n) is 4.46. The summed E-state index contributed by atoms with van der Waals surface area (Å²) < 4.78 is 0. The molecule has 1 aromatic carbocycles. The van der Waals surface area contributed by atoms with Crippen LogP contribution >= 0.6 is 11.3 Å². The SMILES string of the molecule is CNc1sc(-c2ccc(C(C)C)cc2)nc1C. The Kier molecular flexibility index (Phi) is 3.48. The summed E-state index contributed by atoms with van der Waals surface area (Å²) in [5, 5.41) is 5.40. The summed E-state index contributed by atoms with van der Waals surface area (Å²) in [7, 11) is 1.94. The highest BCUT2D eigenvalue weighted by Gasteiger charge is 2.08. The molecule has 0 aliphatic rings. The molecular weight excluding hydrogens is 228 g/mol. The lowest BCUT2D eigenvalue weighted by molar-refractivity contribution is 0.867. The highest BCUT2D eigenvalue weighted by molar-refractivity contribution is 7.19. The molecule has 2 rings (SSSR count). The minimum Gasteiger partial charge on any atom is -0.378 e. The fourth-order valence-corrected chi connectivity index (χ4v) is 2.69. The zero-order chi connectivity index (χ0) is 12.4. The van der Waals surface area contributed by atoms with Gasteiger partial charge < -0.3 is 5.32 Å². The van der Waals surface area contributed by atoms with Gasteiger partial charge in [0.05, 0.1) is 5.69 Å². The van der Waals surface area contributed by atoms with Crippen LogP contribution in [-0.2, 0) is 0 Å². The van der Waals surface area contributed by atoms with E-state index in [0.717, 1.165) is 15.7 Å². The Labute approximate surface area is 107 Å². The number of rotatable bonds is 3. The molecule has 0 bridgehead atoms. The van der Waals surface area contributed by atoms with E-state index >= 15 is 0 Å². The van der Waals surface area contributed by atoms with Gasteiger partial charge in [0.15, 0.2) is 0 Å². The maximum absolute atomic E-state index is 4.58. The molecule has 1 aromatic heterocycles. The van der Waals surface area contributed by atoms with E-state index in [1.165, 1.54) is 11.1 Å². The Morgan fingerprint density at radius 3 is 2.29 bits per heavy atom. The van der Waals surface area contributed by atoms with Gasteiger partial charge in [0.25, 0.3) is 0 Å². The summed E-state index contributed by atoms with van der Waals surface area (Å²) in [6, 6.07) is 8.70. The Bertz CT molecular complexity index is 497. The molecule has 0 saturated carbocycles. The first-order chi connectivity index (χ1) is 8.11. The molecule has 0 radical (unpaired) electrons. The normalized spacial score (nSPS) is 10.9. The lowest BCUT2D eigenvalue weighted by Crippen LogP contribution is -1.86. The number of thiazole rings is 1. The third-order valence-electron chi connectivity index (χ3n) is 2.85. The topological polar surface area (TPSA) is 24.9 Å². The number of anilines is 1. The highest BCUT2D eigenvalue weighted by Crippen LogP contribution is 2.31. The van der Waals surface area contributed by atoms with Crippen molar-refractivity contribution in [1.29, 1.82) is 0 Å². The van der Waals surface area contributed by atoms with Crippen molar-refractivity contribution in [2.45, 2.75) is 26.7 Å². The summed E-state index contributed by atoms with van der Waals surface area (Å²) in [6.45, 7) is 6.46. The van der Waals surface area contributed by atoms with Crippen molar-refractivity contribution in [3.63, 3.8) is 0 Å². The zero-order valence-electron chi connectivity index (χ0n) is 10.7. The van der Waals surface area contributed by atoms with Crippen LogP contribution in [0.25, 0.3) is 10.6 Å². The summed E-state index contributed by atoms with van der Waals surface area (Å²) in [4.78, 5) is 4.58. The van der Waals surface area contributed by atoms with Crippen LogP contribution in [-0.4, -0.2) is 12.0 Å². The lowest BCUT2D eigenvalue weighted by Gasteiger charge is -2.05. The number of hydrogen-bond acceptors (Lipinski definition) is 3. The number of aryl methyl sites for hydroxylation is 1. The average molecular weight is 246 g/mol. The maximum atomic E-state index is 4.58. The van der Waals surface area contributed by atoms with Crippen LogP contribution < -0.4 is 5.32 Å². The second kappa shape index (κ2) is 4.88. The molecule has 0 atom stereocenters. The van der Waals surface area contributed by atoms with Crippen LogP contribution in [0.5, 0.6) is 0 Å². The van der Waals surface area contributed by atoms with Crippen LogP contribution in [0.2, 0.25) is 0 Å². The van der Waals surface area contributed by atoms with Gasteiger partial charge in [-0.05, 0) is 18.4 Å². The second-order valence-corrected chi connectivity index (χ2v) is 5.46. The standard InChI is InChI=1S/C14H18N2S/c1-9(2)11-5-7-12(8-6-11)14-16-10(3)13(15-4)17-14/h5-9,15H,1-4H3. The minimum atomic E-state index is 0.579. The third kappa shape index (κ3) is 2.50. The first-order valence-corrected chi connectivity index (χ1v) is 6.69. The van der Waals surface area contributed by atoms with Crippen molar-refractivity contribution in [2.24, 2.45) is 0 Å².